The summed E-state index contributed by atoms with van der Waals surface area (Å²) in [6.07, 6.45) is 1.32. The summed E-state index contributed by atoms with van der Waals surface area (Å²) in [5, 5.41) is -0.403. The summed E-state index contributed by atoms with van der Waals surface area (Å²) in [5.41, 5.74) is 1.59. The molecule has 0 radical (unpaired) electrons. The molecule has 1 aliphatic rings. The van der Waals surface area contributed by atoms with Crippen LogP contribution < -0.4 is 5.69 Å². The molecule has 3 rings (SSSR count). The van der Waals surface area contributed by atoms with Gasteiger partial charge in [-0.3, -0.25) is 4.57 Å². The van der Waals surface area contributed by atoms with E-state index in [1.807, 2.05) is 24.3 Å². The van der Waals surface area contributed by atoms with Crippen molar-refractivity contribution in [3.63, 3.8) is 0 Å². The Labute approximate surface area is 129 Å². The second-order valence-corrected chi connectivity index (χ2v) is 8.53. The molecule has 22 heavy (non-hydrogen) atoms. The monoisotopic (exact) mass is 323 g/mol. The zero-order chi connectivity index (χ0) is 15.9. The number of hydrogen-bond donors (Lipinski definition) is 1. The van der Waals surface area contributed by atoms with Gasteiger partial charge in [-0.1, -0.05) is 12.1 Å². The van der Waals surface area contributed by atoms with Crippen LogP contribution in [0.25, 0.3) is 11.0 Å². The first-order chi connectivity index (χ1) is 10.4. The van der Waals surface area contributed by atoms with E-state index in [4.69, 9.17) is 0 Å². The first kappa shape index (κ1) is 15.3. The third kappa shape index (κ3) is 2.48. The van der Waals surface area contributed by atoms with Gasteiger partial charge >= 0.3 is 5.69 Å². The molecule has 2 aromatic rings. The molecule has 0 atom stereocenters. The third-order valence-corrected chi connectivity index (χ3v) is 6.64. The second-order valence-electron chi connectivity index (χ2n) is 6.04. The van der Waals surface area contributed by atoms with Crippen LogP contribution in [0.2, 0.25) is 0 Å². The second kappa shape index (κ2) is 5.55. The van der Waals surface area contributed by atoms with Gasteiger partial charge < -0.3 is 4.98 Å². The largest absolute Gasteiger partial charge is 0.326 e. The van der Waals surface area contributed by atoms with Crippen LogP contribution in [0.15, 0.2) is 29.1 Å². The fourth-order valence-corrected chi connectivity index (χ4v) is 4.41. The maximum Gasteiger partial charge on any atom is 0.326 e. The Bertz CT molecular complexity index is 827. The number of hydrogen-bond acceptors (Lipinski definition) is 3. The van der Waals surface area contributed by atoms with Gasteiger partial charge in [0.25, 0.3) is 0 Å². The number of benzene rings is 1. The number of nitrogens with one attached hydrogen (secondary N) is 1. The normalized spacial score (nSPS) is 18.3. The quantitative estimate of drug-likeness (QED) is 0.934. The van der Waals surface area contributed by atoms with Crippen LogP contribution >= 0.6 is 0 Å². The molecule has 2 heterocycles. The molecule has 1 aliphatic heterocycles. The van der Waals surface area contributed by atoms with Crippen molar-refractivity contribution in [3.05, 3.63) is 34.7 Å². The summed E-state index contributed by atoms with van der Waals surface area (Å²) in [5.74, 6) is 0. The Morgan fingerprint density at radius 3 is 2.45 bits per heavy atom. The molecule has 120 valence electrons. The van der Waals surface area contributed by atoms with Crippen LogP contribution in [0.5, 0.6) is 0 Å². The van der Waals surface area contributed by atoms with Crippen molar-refractivity contribution >= 4 is 21.1 Å². The van der Waals surface area contributed by atoms with Crippen LogP contribution in [0.4, 0.5) is 0 Å². The van der Waals surface area contributed by atoms with Gasteiger partial charge in [0.15, 0.2) is 0 Å². The molecule has 1 aromatic carbocycles. The number of aromatic nitrogens is 2. The SMILES string of the molecule is CC(C)S(=O)(=O)N1CCC(n2c(=O)[nH]c3ccccc32)CC1. The summed E-state index contributed by atoms with van der Waals surface area (Å²) < 4.78 is 27.7. The molecule has 7 heteroatoms. The van der Waals surface area contributed by atoms with Gasteiger partial charge in [0.2, 0.25) is 10.0 Å². The Morgan fingerprint density at radius 2 is 1.82 bits per heavy atom. The summed E-state index contributed by atoms with van der Waals surface area (Å²) in [4.78, 5) is 15.1. The van der Waals surface area contributed by atoms with E-state index < -0.39 is 15.3 Å². The minimum atomic E-state index is -3.21. The molecular formula is C15H21N3O3S. The fraction of sp³-hybridized carbons (Fsp3) is 0.533. The predicted molar refractivity (Wildman–Crippen MR) is 86.5 cm³/mol. The van der Waals surface area contributed by atoms with Gasteiger partial charge in [0.1, 0.15) is 0 Å². The molecule has 0 bridgehead atoms. The lowest BCUT2D eigenvalue weighted by molar-refractivity contribution is 0.273. The number of fused-ring (bicyclic) bond motifs is 1. The van der Waals surface area contributed by atoms with E-state index in [9.17, 15) is 13.2 Å². The average molecular weight is 323 g/mol. The van der Waals surface area contributed by atoms with Crippen molar-refractivity contribution in [1.29, 1.82) is 0 Å². The lowest BCUT2D eigenvalue weighted by Gasteiger charge is -2.32. The number of sulfonamides is 1. The smallest absolute Gasteiger partial charge is 0.306 e. The van der Waals surface area contributed by atoms with E-state index in [1.54, 1.807) is 22.7 Å². The number of piperidine rings is 1. The van der Waals surface area contributed by atoms with Crippen molar-refractivity contribution in [2.24, 2.45) is 0 Å². The molecule has 0 spiro atoms. The summed E-state index contributed by atoms with van der Waals surface area (Å²) in [6, 6.07) is 7.64. The number of H-pyrrole nitrogens is 1. The van der Waals surface area contributed by atoms with E-state index >= 15 is 0 Å². The van der Waals surface area contributed by atoms with Crippen molar-refractivity contribution in [1.82, 2.24) is 13.9 Å². The standard InChI is InChI=1S/C15H21N3O3S/c1-11(2)22(20,21)17-9-7-12(8-10-17)18-14-6-4-3-5-13(14)16-15(18)19/h3-6,11-12H,7-10H2,1-2H3,(H,16,19). The number of nitrogens with zero attached hydrogens (tertiary/aromatic N) is 2. The maximum atomic E-state index is 12.2. The predicted octanol–water partition coefficient (Wildman–Crippen LogP) is 1.70. The van der Waals surface area contributed by atoms with Gasteiger partial charge in [-0.15, -0.1) is 0 Å². The fourth-order valence-electron chi connectivity index (χ4n) is 3.09. The molecule has 0 unspecified atom stereocenters. The van der Waals surface area contributed by atoms with E-state index in [0.717, 1.165) is 11.0 Å². The van der Waals surface area contributed by atoms with Gasteiger partial charge in [-0.25, -0.2) is 17.5 Å². The van der Waals surface area contributed by atoms with Crippen molar-refractivity contribution in [2.75, 3.05) is 13.1 Å². The van der Waals surface area contributed by atoms with Crippen LogP contribution in [0.1, 0.15) is 32.7 Å². The summed E-state index contributed by atoms with van der Waals surface area (Å²) >= 11 is 0. The highest BCUT2D eigenvalue weighted by Crippen LogP contribution is 2.26. The molecule has 1 fully saturated rings. The highest BCUT2D eigenvalue weighted by molar-refractivity contribution is 7.89. The van der Waals surface area contributed by atoms with Gasteiger partial charge in [0, 0.05) is 19.1 Å². The summed E-state index contributed by atoms with van der Waals surface area (Å²) in [6.45, 7) is 4.34. The Morgan fingerprint density at radius 1 is 1.18 bits per heavy atom. The van der Waals surface area contributed by atoms with Gasteiger partial charge in [-0.05, 0) is 38.8 Å². The molecule has 0 saturated carbocycles. The molecule has 1 aromatic heterocycles. The molecule has 0 aliphatic carbocycles. The topological polar surface area (TPSA) is 75.2 Å². The number of aromatic amines is 1. The molecule has 0 amide bonds. The van der Waals surface area contributed by atoms with E-state index in [0.29, 0.717) is 25.9 Å². The maximum absolute atomic E-state index is 12.2. The number of para-hydroxylation sites is 2. The first-order valence-corrected chi connectivity index (χ1v) is 9.10. The number of imidazole rings is 1. The highest BCUT2D eigenvalue weighted by atomic mass is 32.2. The zero-order valence-corrected chi connectivity index (χ0v) is 13.6. The van der Waals surface area contributed by atoms with E-state index in [1.165, 1.54) is 0 Å². The molecule has 6 nitrogen and oxygen atoms in total. The van der Waals surface area contributed by atoms with Crippen LogP contribution in [-0.2, 0) is 10.0 Å². The Hall–Kier alpha value is -1.60. The third-order valence-electron chi connectivity index (χ3n) is 4.37. The van der Waals surface area contributed by atoms with Gasteiger partial charge in [0.05, 0.1) is 16.3 Å². The molecule has 1 N–H and O–H groups in total. The first-order valence-electron chi connectivity index (χ1n) is 7.59. The highest BCUT2D eigenvalue weighted by Gasteiger charge is 2.31. The molecule has 1 saturated heterocycles. The Balaban J connectivity index is 1.85. The van der Waals surface area contributed by atoms with Crippen molar-refractivity contribution in [3.8, 4) is 0 Å². The van der Waals surface area contributed by atoms with Crippen LogP contribution in [-0.4, -0.2) is 40.6 Å². The average Bonchev–Trinajstić information content (AvgIpc) is 2.83. The van der Waals surface area contributed by atoms with E-state index in [2.05, 4.69) is 4.98 Å². The summed E-state index contributed by atoms with van der Waals surface area (Å²) in [7, 11) is -3.21. The van der Waals surface area contributed by atoms with Gasteiger partial charge in [-0.2, -0.15) is 0 Å². The Kier molecular flexibility index (Phi) is 3.86. The zero-order valence-electron chi connectivity index (χ0n) is 12.8. The lowest BCUT2D eigenvalue weighted by atomic mass is 10.1. The molecular weight excluding hydrogens is 302 g/mol. The lowest BCUT2D eigenvalue weighted by Crippen LogP contribution is -2.43. The van der Waals surface area contributed by atoms with Crippen molar-refractivity contribution < 1.29 is 8.42 Å². The van der Waals surface area contributed by atoms with Crippen LogP contribution in [0, 0.1) is 0 Å². The van der Waals surface area contributed by atoms with Crippen LogP contribution in [0.3, 0.4) is 0 Å². The minimum absolute atomic E-state index is 0.0438. The van der Waals surface area contributed by atoms with Crippen molar-refractivity contribution in [2.45, 2.75) is 38.0 Å². The minimum Gasteiger partial charge on any atom is -0.306 e. The van der Waals surface area contributed by atoms with E-state index in [-0.39, 0.29) is 11.7 Å². The number of rotatable bonds is 3.